The van der Waals surface area contributed by atoms with E-state index in [1.165, 1.54) is 72.6 Å². The number of rotatable bonds is 9. The number of aromatic nitrogens is 1. The Kier molecular flexibility index (Phi) is 7.40. The van der Waals surface area contributed by atoms with E-state index in [9.17, 15) is 0 Å². The van der Waals surface area contributed by atoms with Crippen molar-refractivity contribution in [1.82, 2.24) is 4.98 Å². The van der Waals surface area contributed by atoms with Crippen molar-refractivity contribution in [2.24, 2.45) is 0 Å². The molecular formula is C29H35NO. The van der Waals surface area contributed by atoms with Crippen LogP contribution in [-0.4, -0.2) is 11.6 Å². The normalized spacial score (nSPS) is 13.9. The smallest absolute Gasteiger partial charge is 0.119 e. The molecule has 0 N–H and O–H groups in total. The lowest BCUT2D eigenvalue weighted by Gasteiger charge is -2.13. The van der Waals surface area contributed by atoms with Crippen molar-refractivity contribution in [3.63, 3.8) is 0 Å². The summed E-state index contributed by atoms with van der Waals surface area (Å²) >= 11 is 0. The predicted octanol–water partition coefficient (Wildman–Crippen LogP) is 8.21. The van der Waals surface area contributed by atoms with E-state index in [1.807, 2.05) is 6.20 Å². The summed E-state index contributed by atoms with van der Waals surface area (Å²) in [6, 6.07) is 15.2. The number of hydrogen-bond acceptors (Lipinski definition) is 2. The van der Waals surface area contributed by atoms with Crippen molar-refractivity contribution < 1.29 is 4.74 Å². The van der Waals surface area contributed by atoms with Gasteiger partial charge in [0.25, 0.3) is 0 Å². The lowest BCUT2D eigenvalue weighted by molar-refractivity contribution is 0.310. The molecule has 2 heteroatoms. The summed E-state index contributed by atoms with van der Waals surface area (Å²) in [5, 5.41) is 1.29. The zero-order valence-corrected chi connectivity index (χ0v) is 19.1. The second kappa shape index (κ2) is 10.6. The highest BCUT2D eigenvalue weighted by Crippen LogP contribution is 2.29. The molecule has 1 aliphatic rings. The molecule has 4 rings (SSSR count). The first-order chi connectivity index (χ1) is 15.2. The summed E-state index contributed by atoms with van der Waals surface area (Å²) < 4.78 is 6.00. The minimum absolute atomic E-state index is 0.790. The van der Waals surface area contributed by atoms with Gasteiger partial charge >= 0.3 is 0 Å². The van der Waals surface area contributed by atoms with E-state index in [0.29, 0.717) is 0 Å². The molecule has 2 nitrogen and oxygen atoms in total. The Balaban J connectivity index is 1.42. The number of ether oxygens (including phenoxy) is 1. The van der Waals surface area contributed by atoms with Crippen LogP contribution in [0.3, 0.4) is 0 Å². The van der Waals surface area contributed by atoms with Gasteiger partial charge in [-0.15, -0.1) is 0 Å². The number of hydrogen-bond donors (Lipinski definition) is 0. The van der Waals surface area contributed by atoms with Crippen LogP contribution >= 0.6 is 0 Å². The van der Waals surface area contributed by atoms with Crippen LogP contribution in [0.2, 0.25) is 0 Å². The summed E-state index contributed by atoms with van der Waals surface area (Å²) in [6.07, 6.45) is 15.6. The Labute approximate surface area is 187 Å². The van der Waals surface area contributed by atoms with Gasteiger partial charge < -0.3 is 4.74 Å². The standard InChI is InChI=1S/C29H35NO/c1-3-4-12-27-22(2)21-30-29-18-15-25(20-28(27)29)24-13-16-26(17-14-24)31-19-8-11-23-9-6-5-7-10-23/h9,13-18,20-21H,3-8,10-12,19H2,1-2H3. The van der Waals surface area contributed by atoms with Crippen LogP contribution in [0.25, 0.3) is 22.0 Å². The summed E-state index contributed by atoms with van der Waals surface area (Å²) in [5.74, 6) is 0.961. The molecule has 2 aromatic carbocycles. The molecule has 0 saturated heterocycles. The van der Waals surface area contributed by atoms with E-state index in [1.54, 1.807) is 5.57 Å². The molecule has 0 unspecified atom stereocenters. The molecule has 3 aromatic rings. The molecule has 0 amide bonds. The van der Waals surface area contributed by atoms with Crippen LogP contribution in [0.1, 0.15) is 69.4 Å². The Bertz CT molecular complexity index is 1030. The zero-order valence-electron chi connectivity index (χ0n) is 19.1. The van der Waals surface area contributed by atoms with Crippen LogP contribution in [0.15, 0.2) is 60.3 Å². The van der Waals surface area contributed by atoms with Crippen molar-refractivity contribution in [3.8, 4) is 16.9 Å². The molecule has 0 bridgehead atoms. The molecule has 0 saturated carbocycles. The molecule has 1 heterocycles. The Morgan fingerprint density at radius 3 is 2.55 bits per heavy atom. The lowest BCUT2D eigenvalue weighted by atomic mass is 9.96. The van der Waals surface area contributed by atoms with Gasteiger partial charge in [-0.2, -0.15) is 0 Å². The van der Waals surface area contributed by atoms with Gasteiger partial charge in [0.1, 0.15) is 5.75 Å². The van der Waals surface area contributed by atoms with E-state index in [2.05, 4.69) is 67.4 Å². The molecule has 31 heavy (non-hydrogen) atoms. The van der Waals surface area contributed by atoms with Crippen LogP contribution in [0, 0.1) is 6.92 Å². The largest absolute Gasteiger partial charge is 0.494 e. The average molecular weight is 414 g/mol. The van der Waals surface area contributed by atoms with Crippen molar-refractivity contribution in [3.05, 3.63) is 71.4 Å². The van der Waals surface area contributed by atoms with Crippen molar-refractivity contribution in [1.29, 1.82) is 0 Å². The number of benzene rings is 2. The molecular weight excluding hydrogens is 378 g/mol. The number of nitrogens with zero attached hydrogens (tertiary/aromatic N) is 1. The fraction of sp³-hybridized carbons (Fsp3) is 0.414. The van der Waals surface area contributed by atoms with Crippen LogP contribution < -0.4 is 4.74 Å². The van der Waals surface area contributed by atoms with Crippen LogP contribution in [0.4, 0.5) is 0 Å². The second-order valence-electron chi connectivity index (χ2n) is 8.84. The van der Waals surface area contributed by atoms with Gasteiger partial charge in [0.2, 0.25) is 0 Å². The third-order valence-electron chi connectivity index (χ3n) is 6.46. The SMILES string of the molecule is CCCCc1c(C)cnc2ccc(-c3ccc(OCCCC4=CCCCC4)cc3)cc12. The van der Waals surface area contributed by atoms with Gasteiger partial charge in [-0.3, -0.25) is 4.98 Å². The predicted molar refractivity (Wildman–Crippen MR) is 132 cm³/mol. The highest BCUT2D eigenvalue weighted by molar-refractivity contribution is 5.88. The topological polar surface area (TPSA) is 22.1 Å². The first-order valence-corrected chi connectivity index (χ1v) is 12.0. The van der Waals surface area contributed by atoms with Gasteiger partial charge in [0, 0.05) is 11.6 Å². The fourth-order valence-corrected chi connectivity index (χ4v) is 4.58. The highest BCUT2D eigenvalue weighted by Gasteiger charge is 2.08. The lowest BCUT2D eigenvalue weighted by Crippen LogP contribution is -1.99. The third kappa shape index (κ3) is 5.55. The maximum Gasteiger partial charge on any atom is 0.119 e. The minimum Gasteiger partial charge on any atom is -0.494 e. The number of fused-ring (bicyclic) bond motifs is 1. The van der Waals surface area contributed by atoms with E-state index < -0.39 is 0 Å². The van der Waals surface area contributed by atoms with E-state index in [4.69, 9.17) is 4.74 Å². The Morgan fingerprint density at radius 1 is 0.935 bits per heavy atom. The zero-order chi connectivity index (χ0) is 21.5. The van der Waals surface area contributed by atoms with E-state index >= 15 is 0 Å². The van der Waals surface area contributed by atoms with Crippen molar-refractivity contribution in [2.75, 3.05) is 6.61 Å². The van der Waals surface area contributed by atoms with Gasteiger partial charge in [-0.05, 0) is 105 Å². The number of aryl methyl sites for hydroxylation is 2. The van der Waals surface area contributed by atoms with E-state index in [0.717, 1.165) is 30.7 Å². The van der Waals surface area contributed by atoms with E-state index in [-0.39, 0.29) is 0 Å². The molecule has 1 aliphatic carbocycles. The molecule has 0 radical (unpaired) electrons. The molecule has 0 fully saturated rings. The van der Waals surface area contributed by atoms with Gasteiger partial charge in [-0.25, -0.2) is 0 Å². The van der Waals surface area contributed by atoms with Crippen molar-refractivity contribution >= 4 is 10.9 Å². The second-order valence-corrected chi connectivity index (χ2v) is 8.84. The molecule has 1 aromatic heterocycles. The summed E-state index contributed by atoms with van der Waals surface area (Å²) in [6.45, 7) is 5.22. The number of pyridine rings is 1. The summed E-state index contributed by atoms with van der Waals surface area (Å²) in [7, 11) is 0. The fourth-order valence-electron chi connectivity index (χ4n) is 4.58. The Hall–Kier alpha value is -2.61. The van der Waals surface area contributed by atoms with Gasteiger partial charge in [0.15, 0.2) is 0 Å². The number of allylic oxidation sites excluding steroid dienone is 2. The maximum atomic E-state index is 6.00. The van der Waals surface area contributed by atoms with Crippen LogP contribution in [-0.2, 0) is 6.42 Å². The van der Waals surface area contributed by atoms with Gasteiger partial charge in [-0.1, -0.05) is 43.2 Å². The molecule has 162 valence electrons. The first kappa shape index (κ1) is 21.6. The number of unbranched alkanes of at least 4 members (excludes halogenated alkanes) is 1. The third-order valence-corrected chi connectivity index (χ3v) is 6.46. The van der Waals surface area contributed by atoms with Gasteiger partial charge in [0.05, 0.1) is 12.1 Å². The highest BCUT2D eigenvalue weighted by atomic mass is 16.5. The van der Waals surface area contributed by atoms with Crippen molar-refractivity contribution in [2.45, 2.75) is 71.6 Å². The molecule has 0 spiro atoms. The summed E-state index contributed by atoms with van der Waals surface area (Å²) in [4.78, 5) is 4.65. The quantitative estimate of drug-likeness (QED) is 0.260. The minimum atomic E-state index is 0.790. The molecule has 0 aliphatic heterocycles. The average Bonchev–Trinajstić information content (AvgIpc) is 2.82. The first-order valence-electron chi connectivity index (χ1n) is 12.0. The Morgan fingerprint density at radius 2 is 1.77 bits per heavy atom. The van der Waals surface area contributed by atoms with Crippen LogP contribution in [0.5, 0.6) is 5.75 Å². The monoisotopic (exact) mass is 413 g/mol. The maximum absolute atomic E-state index is 6.00. The summed E-state index contributed by atoms with van der Waals surface area (Å²) in [5.41, 5.74) is 7.93. The molecule has 0 atom stereocenters.